The minimum absolute atomic E-state index is 0.163. The van der Waals surface area contributed by atoms with Crippen LogP contribution in [-0.4, -0.2) is 56.7 Å². The lowest BCUT2D eigenvalue weighted by molar-refractivity contribution is 0.0816. The van der Waals surface area contributed by atoms with Crippen molar-refractivity contribution in [1.82, 2.24) is 29.6 Å². The number of aromatic nitrogens is 5. The van der Waals surface area contributed by atoms with Crippen LogP contribution in [0.3, 0.4) is 0 Å². The molecule has 0 radical (unpaired) electrons. The van der Waals surface area contributed by atoms with Gasteiger partial charge in [-0.3, -0.25) is 9.89 Å². The van der Waals surface area contributed by atoms with E-state index in [2.05, 4.69) is 36.1 Å². The van der Waals surface area contributed by atoms with Crippen molar-refractivity contribution >= 4 is 44.5 Å². The van der Waals surface area contributed by atoms with Crippen LogP contribution >= 0.6 is 27.5 Å². The molecule has 0 aliphatic rings. The van der Waals surface area contributed by atoms with Crippen molar-refractivity contribution in [3.05, 3.63) is 21.4 Å². The number of nitrogens with zero attached hydrogens (tertiary/aromatic N) is 5. The predicted octanol–water partition coefficient (Wildman–Crippen LogP) is 2.48. The molecular formula is C14H14BrClN6O2. The molecule has 0 aliphatic heterocycles. The van der Waals surface area contributed by atoms with Gasteiger partial charge in [0.1, 0.15) is 16.2 Å². The summed E-state index contributed by atoms with van der Waals surface area (Å²) in [5.74, 6) is 0.616. The van der Waals surface area contributed by atoms with Crippen molar-refractivity contribution in [1.29, 1.82) is 0 Å². The number of aromatic amines is 1. The largest absolute Gasteiger partial charge is 0.480 e. The van der Waals surface area contributed by atoms with Crippen molar-refractivity contribution in [2.45, 2.75) is 0 Å². The molecule has 24 heavy (non-hydrogen) atoms. The number of amides is 1. The van der Waals surface area contributed by atoms with E-state index in [0.717, 1.165) is 5.52 Å². The predicted molar refractivity (Wildman–Crippen MR) is 93.4 cm³/mol. The zero-order valence-electron chi connectivity index (χ0n) is 13.4. The van der Waals surface area contributed by atoms with Crippen LogP contribution in [0.15, 0.2) is 10.5 Å². The summed E-state index contributed by atoms with van der Waals surface area (Å²) in [5, 5.41) is 7.21. The summed E-state index contributed by atoms with van der Waals surface area (Å²) >= 11 is 9.69. The molecule has 0 aliphatic carbocycles. The zero-order valence-corrected chi connectivity index (χ0v) is 15.7. The summed E-state index contributed by atoms with van der Waals surface area (Å²) in [5.41, 5.74) is 2.13. The fourth-order valence-electron chi connectivity index (χ4n) is 2.33. The van der Waals surface area contributed by atoms with Gasteiger partial charge in [-0.15, -0.1) is 0 Å². The fraction of sp³-hybridized carbons (Fsp3) is 0.286. The number of carbonyl (C=O) groups excluding carboxylic acids is 1. The lowest BCUT2D eigenvalue weighted by Gasteiger charge is -2.05. The van der Waals surface area contributed by atoms with Crippen LogP contribution in [-0.2, 0) is 7.05 Å². The molecule has 3 aromatic heterocycles. The van der Waals surface area contributed by atoms with E-state index >= 15 is 0 Å². The SMILES string of the molecule is COc1nc2c(Br)c(-c3n[nH]c(C(=O)N(C)C)n3)n(C)c2cc1Cl. The third kappa shape index (κ3) is 2.53. The minimum atomic E-state index is -0.258. The highest BCUT2D eigenvalue weighted by Gasteiger charge is 2.23. The molecule has 126 valence electrons. The van der Waals surface area contributed by atoms with Gasteiger partial charge < -0.3 is 14.2 Å². The van der Waals surface area contributed by atoms with Gasteiger partial charge in [0.15, 0.2) is 5.82 Å². The number of halogens is 2. The summed E-state index contributed by atoms with van der Waals surface area (Å²) in [4.78, 5) is 22.1. The number of nitrogens with one attached hydrogen (secondary N) is 1. The Morgan fingerprint density at radius 2 is 2.12 bits per heavy atom. The summed E-state index contributed by atoms with van der Waals surface area (Å²) < 4.78 is 7.71. The quantitative estimate of drug-likeness (QED) is 0.712. The Kier molecular flexibility index (Phi) is 4.22. The summed E-state index contributed by atoms with van der Waals surface area (Å²) in [6, 6.07) is 1.76. The Labute approximate surface area is 150 Å². The molecule has 1 N–H and O–H groups in total. The molecule has 3 heterocycles. The van der Waals surface area contributed by atoms with E-state index in [4.69, 9.17) is 16.3 Å². The average molecular weight is 414 g/mol. The molecule has 0 bridgehead atoms. The summed E-state index contributed by atoms with van der Waals surface area (Å²) in [6.07, 6.45) is 0. The highest BCUT2D eigenvalue weighted by Crippen LogP contribution is 2.37. The van der Waals surface area contributed by atoms with Crippen LogP contribution in [0.5, 0.6) is 5.88 Å². The molecule has 0 fully saturated rings. The molecule has 0 spiro atoms. The van der Waals surface area contributed by atoms with Crippen LogP contribution in [0, 0.1) is 0 Å². The van der Waals surface area contributed by atoms with Crippen LogP contribution in [0.25, 0.3) is 22.6 Å². The number of ether oxygens (including phenoxy) is 1. The molecule has 10 heteroatoms. The third-order valence-corrected chi connectivity index (χ3v) is 4.56. The van der Waals surface area contributed by atoms with Crippen LogP contribution < -0.4 is 4.74 Å². The molecular weight excluding hydrogens is 400 g/mol. The van der Waals surface area contributed by atoms with Crippen molar-refractivity contribution in [3.63, 3.8) is 0 Å². The lowest BCUT2D eigenvalue weighted by atomic mass is 10.3. The normalized spacial score (nSPS) is 11.1. The molecule has 1 amide bonds. The summed E-state index contributed by atoms with van der Waals surface area (Å²) in [7, 11) is 6.65. The monoisotopic (exact) mass is 412 g/mol. The number of H-pyrrole nitrogens is 1. The Bertz CT molecular complexity index is 949. The molecule has 3 rings (SSSR count). The first kappa shape index (κ1) is 16.7. The number of aryl methyl sites for hydroxylation is 1. The van der Waals surface area contributed by atoms with Crippen LogP contribution in [0.4, 0.5) is 0 Å². The highest BCUT2D eigenvalue weighted by atomic mass is 79.9. The van der Waals surface area contributed by atoms with E-state index in [-0.39, 0.29) is 11.7 Å². The topological polar surface area (TPSA) is 88.9 Å². The van der Waals surface area contributed by atoms with Crippen molar-refractivity contribution < 1.29 is 9.53 Å². The van der Waals surface area contributed by atoms with Gasteiger partial charge in [0, 0.05) is 21.1 Å². The van der Waals surface area contributed by atoms with Gasteiger partial charge in [-0.2, -0.15) is 5.10 Å². The number of hydrogen-bond acceptors (Lipinski definition) is 5. The molecule has 0 aromatic carbocycles. The van der Waals surface area contributed by atoms with Gasteiger partial charge in [-0.25, -0.2) is 9.97 Å². The van der Waals surface area contributed by atoms with E-state index in [0.29, 0.717) is 32.4 Å². The molecule has 3 aromatic rings. The van der Waals surface area contributed by atoms with E-state index < -0.39 is 0 Å². The van der Waals surface area contributed by atoms with Gasteiger partial charge in [0.05, 0.1) is 17.1 Å². The number of fused-ring (bicyclic) bond motifs is 1. The van der Waals surface area contributed by atoms with E-state index in [1.165, 1.54) is 12.0 Å². The maximum atomic E-state index is 12.0. The van der Waals surface area contributed by atoms with Gasteiger partial charge in [-0.05, 0) is 22.0 Å². The van der Waals surface area contributed by atoms with Gasteiger partial charge >= 0.3 is 0 Å². The molecule has 0 unspecified atom stereocenters. The van der Waals surface area contributed by atoms with E-state index in [1.807, 2.05) is 11.6 Å². The van der Waals surface area contributed by atoms with Gasteiger partial charge in [-0.1, -0.05) is 11.6 Å². The first-order chi connectivity index (χ1) is 11.3. The van der Waals surface area contributed by atoms with E-state index in [1.54, 1.807) is 20.2 Å². The Morgan fingerprint density at radius 3 is 2.75 bits per heavy atom. The molecule has 8 nitrogen and oxygen atoms in total. The molecule has 0 atom stereocenters. The number of carbonyl (C=O) groups is 1. The standard InChI is InChI=1S/C14H14BrClN6O2/c1-21(2)14(23)12-18-11(19-20-12)10-8(15)9-7(22(10)3)5-6(16)13(17-9)24-4/h5H,1-4H3,(H,18,19,20). The van der Waals surface area contributed by atoms with Gasteiger partial charge in [0.25, 0.3) is 5.91 Å². The third-order valence-electron chi connectivity index (χ3n) is 3.54. The number of hydrogen-bond donors (Lipinski definition) is 1. The second-order valence-electron chi connectivity index (χ2n) is 5.28. The Morgan fingerprint density at radius 1 is 1.42 bits per heavy atom. The second kappa shape index (κ2) is 6.06. The maximum Gasteiger partial charge on any atom is 0.290 e. The maximum absolute atomic E-state index is 12.0. The fourth-order valence-corrected chi connectivity index (χ4v) is 3.28. The van der Waals surface area contributed by atoms with Crippen molar-refractivity contribution in [2.75, 3.05) is 21.2 Å². The first-order valence-electron chi connectivity index (χ1n) is 6.88. The van der Waals surface area contributed by atoms with Crippen LogP contribution in [0.1, 0.15) is 10.6 Å². The number of pyridine rings is 1. The number of methoxy groups -OCH3 is 1. The highest BCUT2D eigenvalue weighted by molar-refractivity contribution is 9.10. The number of rotatable bonds is 3. The minimum Gasteiger partial charge on any atom is -0.480 e. The first-order valence-corrected chi connectivity index (χ1v) is 8.05. The lowest BCUT2D eigenvalue weighted by Crippen LogP contribution is -2.22. The molecule has 0 saturated carbocycles. The molecule has 0 saturated heterocycles. The zero-order chi connectivity index (χ0) is 17.6. The second-order valence-corrected chi connectivity index (χ2v) is 6.48. The van der Waals surface area contributed by atoms with Crippen molar-refractivity contribution in [3.8, 4) is 17.4 Å². The van der Waals surface area contributed by atoms with Crippen LogP contribution in [0.2, 0.25) is 5.02 Å². The Hall–Kier alpha value is -2.13. The van der Waals surface area contributed by atoms with Gasteiger partial charge in [0.2, 0.25) is 11.7 Å². The average Bonchev–Trinajstić information content (AvgIpc) is 3.10. The summed E-state index contributed by atoms with van der Waals surface area (Å²) in [6.45, 7) is 0. The van der Waals surface area contributed by atoms with E-state index in [9.17, 15) is 4.79 Å². The smallest absolute Gasteiger partial charge is 0.290 e. The Balaban J connectivity index is 2.18. The van der Waals surface area contributed by atoms with Crippen molar-refractivity contribution in [2.24, 2.45) is 7.05 Å².